The molecule has 1 aliphatic rings. The number of carbonyl (C=O) groups is 4. The lowest BCUT2D eigenvalue weighted by atomic mass is 10.1. The zero-order valence-electron chi connectivity index (χ0n) is 13.6. The van der Waals surface area contributed by atoms with Crippen molar-refractivity contribution in [3.63, 3.8) is 0 Å². The van der Waals surface area contributed by atoms with Crippen LogP contribution in [0.5, 0.6) is 0 Å². The van der Waals surface area contributed by atoms with Crippen LogP contribution in [0.3, 0.4) is 0 Å². The molecule has 1 aliphatic heterocycles. The van der Waals surface area contributed by atoms with Crippen LogP contribution in [-0.2, 0) is 9.53 Å². The van der Waals surface area contributed by atoms with Crippen molar-refractivity contribution in [1.82, 2.24) is 4.90 Å². The normalized spacial score (nSPS) is 12.8. The van der Waals surface area contributed by atoms with Crippen LogP contribution < -0.4 is 5.32 Å². The maximum absolute atomic E-state index is 12.3. The predicted octanol–water partition coefficient (Wildman–Crippen LogP) is 2.47. The number of nitrogens with zero attached hydrogens (tertiary/aromatic N) is 1. The maximum atomic E-state index is 12.3. The van der Waals surface area contributed by atoms with Gasteiger partial charge in [-0.1, -0.05) is 28.1 Å². The Hall–Kier alpha value is -3.00. The lowest BCUT2D eigenvalue weighted by Crippen LogP contribution is -2.37. The molecule has 0 aromatic heterocycles. The zero-order chi connectivity index (χ0) is 18.8. The topological polar surface area (TPSA) is 92.8 Å². The SMILES string of the molecule is COC(=O)c1cc(Br)ccc1NC(=O)CN1C(=O)c2ccccc2C1=O. The van der Waals surface area contributed by atoms with Gasteiger partial charge in [0.2, 0.25) is 5.91 Å². The van der Waals surface area contributed by atoms with Gasteiger partial charge in [0.1, 0.15) is 6.54 Å². The summed E-state index contributed by atoms with van der Waals surface area (Å²) in [7, 11) is 1.23. The summed E-state index contributed by atoms with van der Waals surface area (Å²) in [5, 5.41) is 2.54. The molecule has 0 aliphatic carbocycles. The third-order valence-corrected chi connectivity index (χ3v) is 4.33. The Morgan fingerprint density at radius 3 is 2.27 bits per heavy atom. The highest BCUT2D eigenvalue weighted by Crippen LogP contribution is 2.24. The standard InChI is InChI=1S/C18H13BrN2O5/c1-26-18(25)13-8-10(19)6-7-14(13)20-15(22)9-21-16(23)11-4-2-3-5-12(11)17(21)24/h2-8H,9H2,1H3,(H,20,22). The summed E-state index contributed by atoms with van der Waals surface area (Å²) in [5.41, 5.74) is 0.910. The van der Waals surface area contributed by atoms with Gasteiger partial charge in [0.05, 0.1) is 29.5 Å². The van der Waals surface area contributed by atoms with Gasteiger partial charge >= 0.3 is 5.97 Å². The van der Waals surface area contributed by atoms with Crippen molar-refractivity contribution >= 4 is 45.3 Å². The number of hydrogen-bond acceptors (Lipinski definition) is 5. The molecule has 0 bridgehead atoms. The second-order valence-corrected chi connectivity index (χ2v) is 6.39. The highest BCUT2D eigenvalue weighted by Gasteiger charge is 2.36. The molecule has 7 nitrogen and oxygen atoms in total. The van der Waals surface area contributed by atoms with Crippen molar-refractivity contribution in [2.45, 2.75) is 0 Å². The van der Waals surface area contributed by atoms with Gasteiger partial charge in [-0.2, -0.15) is 0 Å². The number of anilines is 1. The Morgan fingerprint density at radius 1 is 1.08 bits per heavy atom. The largest absolute Gasteiger partial charge is 0.465 e. The van der Waals surface area contributed by atoms with Crippen LogP contribution >= 0.6 is 15.9 Å². The van der Waals surface area contributed by atoms with Gasteiger partial charge in [-0.05, 0) is 30.3 Å². The Balaban J connectivity index is 1.78. The fraction of sp³-hybridized carbons (Fsp3) is 0.111. The number of fused-ring (bicyclic) bond motifs is 1. The van der Waals surface area contributed by atoms with Crippen LogP contribution in [0.15, 0.2) is 46.9 Å². The maximum Gasteiger partial charge on any atom is 0.340 e. The summed E-state index contributed by atoms with van der Waals surface area (Å²) in [6.45, 7) is -0.455. The number of ether oxygens (including phenoxy) is 1. The number of nitrogens with one attached hydrogen (secondary N) is 1. The molecule has 132 valence electrons. The zero-order valence-corrected chi connectivity index (χ0v) is 15.2. The van der Waals surface area contributed by atoms with Crippen molar-refractivity contribution < 1.29 is 23.9 Å². The van der Waals surface area contributed by atoms with Gasteiger partial charge in [-0.3, -0.25) is 19.3 Å². The Labute approximate surface area is 157 Å². The van der Waals surface area contributed by atoms with Crippen LogP contribution in [-0.4, -0.2) is 42.2 Å². The summed E-state index contributed by atoms with van der Waals surface area (Å²) in [5.74, 6) is -2.27. The molecule has 26 heavy (non-hydrogen) atoms. The van der Waals surface area contributed by atoms with E-state index in [0.29, 0.717) is 4.47 Å². The van der Waals surface area contributed by atoms with E-state index < -0.39 is 30.2 Å². The molecule has 1 heterocycles. The molecule has 0 fully saturated rings. The second kappa shape index (κ2) is 7.09. The molecule has 0 radical (unpaired) electrons. The van der Waals surface area contributed by atoms with Crippen LogP contribution in [0.2, 0.25) is 0 Å². The van der Waals surface area contributed by atoms with Gasteiger partial charge in [0.15, 0.2) is 0 Å². The van der Waals surface area contributed by atoms with Gasteiger partial charge < -0.3 is 10.1 Å². The molecular weight excluding hydrogens is 404 g/mol. The molecule has 0 saturated carbocycles. The monoisotopic (exact) mass is 416 g/mol. The molecule has 0 saturated heterocycles. The Kier molecular flexibility index (Phi) is 4.85. The first-order valence-corrected chi connectivity index (χ1v) is 8.34. The fourth-order valence-electron chi connectivity index (χ4n) is 2.62. The first kappa shape index (κ1) is 17.8. The number of halogens is 1. The molecule has 2 aromatic rings. The number of rotatable bonds is 4. The van der Waals surface area contributed by atoms with Crippen LogP contribution in [0, 0.1) is 0 Å². The summed E-state index contributed by atoms with van der Waals surface area (Å²) >= 11 is 3.25. The Bertz CT molecular complexity index is 906. The van der Waals surface area contributed by atoms with E-state index in [1.54, 1.807) is 18.2 Å². The smallest absolute Gasteiger partial charge is 0.340 e. The lowest BCUT2D eigenvalue weighted by molar-refractivity contribution is -0.116. The molecule has 2 aromatic carbocycles. The summed E-state index contributed by atoms with van der Waals surface area (Å²) < 4.78 is 5.33. The highest BCUT2D eigenvalue weighted by atomic mass is 79.9. The number of imide groups is 1. The minimum absolute atomic E-state index is 0.151. The van der Waals surface area contributed by atoms with E-state index in [2.05, 4.69) is 21.2 Å². The minimum atomic E-state index is -0.623. The predicted molar refractivity (Wildman–Crippen MR) is 95.9 cm³/mol. The van der Waals surface area contributed by atoms with Crippen LogP contribution in [0.25, 0.3) is 0 Å². The van der Waals surface area contributed by atoms with Gasteiger partial charge in [-0.25, -0.2) is 4.79 Å². The van der Waals surface area contributed by atoms with E-state index >= 15 is 0 Å². The van der Waals surface area contributed by atoms with E-state index in [1.807, 2.05) is 0 Å². The van der Waals surface area contributed by atoms with Crippen molar-refractivity contribution in [2.24, 2.45) is 0 Å². The molecule has 8 heteroatoms. The Morgan fingerprint density at radius 2 is 1.69 bits per heavy atom. The van der Waals surface area contributed by atoms with Crippen molar-refractivity contribution in [2.75, 3.05) is 19.0 Å². The molecule has 3 amide bonds. The second-order valence-electron chi connectivity index (χ2n) is 5.47. The minimum Gasteiger partial charge on any atom is -0.465 e. The number of methoxy groups -OCH3 is 1. The highest BCUT2D eigenvalue weighted by molar-refractivity contribution is 9.10. The number of benzene rings is 2. The van der Waals surface area contributed by atoms with Crippen molar-refractivity contribution in [3.05, 3.63) is 63.6 Å². The fourth-order valence-corrected chi connectivity index (χ4v) is 2.98. The van der Waals surface area contributed by atoms with E-state index in [0.717, 1.165) is 4.90 Å². The van der Waals surface area contributed by atoms with E-state index in [1.165, 1.54) is 31.4 Å². The first-order valence-electron chi connectivity index (χ1n) is 7.55. The average Bonchev–Trinajstić information content (AvgIpc) is 2.88. The number of hydrogen-bond donors (Lipinski definition) is 1. The first-order chi connectivity index (χ1) is 12.4. The van der Waals surface area contributed by atoms with E-state index in [-0.39, 0.29) is 22.4 Å². The summed E-state index contributed by atoms with van der Waals surface area (Å²) in [4.78, 5) is 49.7. The molecular formula is C18H13BrN2O5. The quantitative estimate of drug-likeness (QED) is 0.610. The van der Waals surface area contributed by atoms with Gasteiger partial charge in [0, 0.05) is 4.47 Å². The van der Waals surface area contributed by atoms with E-state index in [9.17, 15) is 19.2 Å². The number of carbonyl (C=O) groups excluding carboxylic acids is 4. The third-order valence-electron chi connectivity index (χ3n) is 3.84. The molecule has 0 atom stereocenters. The van der Waals surface area contributed by atoms with E-state index in [4.69, 9.17) is 4.74 Å². The third kappa shape index (κ3) is 3.23. The van der Waals surface area contributed by atoms with Crippen molar-refractivity contribution in [3.8, 4) is 0 Å². The van der Waals surface area contributed by atoms with Crippen LogP contribution in [0.1, 0.15) is 31.1 Å². The number of amides is 3. The number of esters is 1. The molecule has 1 N–H and O–H groups in total. The summed E-state index contributed by atoms with van der Waals surface area (Å²) in [6.07, 6.45) is 0. The average molecular weight is 417 g/mol. The van der Waals surface area contributed by atoms with Gasteiger partial charge in [-0.15, -0.1) is 0 Å². The van der Waals surface area contributed by atoms with Crippen molar-refractivity contribution in [1.29, 1.82) is 0 Å². The lowest BCUT2D eigenvalue weighted by Gasteiger charge is -2.15. The molecule has 3 rings (SSSR count). The van der Waals surface area contributed by atoms with Gasteiger partial charge in [0.25, 0.3) is 11.8 Å². The van der Waals surface area contributed by atoms with Crippen LogP contribution in [0.4, 0.5) is 5.69 Å². The molecule has 0 unspecified atom stereocenters. The molecule has 0 spiro atoms. The summed E-state index contributed by atoms with van der Waals surface area (Å²) in [6, 6.07) is 11.1.